The summed E-state index contributed by atoms with van der Waals surface area (Å²) in [7, 11) is 3.95. The van der Waals surface area contributed by atoms with E-state index >= 15 is 0 Å². The molecule has 374 valence electrons. The van der Waals surface area contributed by atoms with Crippen molar-refractivity contribution in [1.82, 2.24) is 20.4 Å². The summed E-state index contributed by atoms with van der Waals surface area (Å²) in [6.07, 6.45) is 10.2. The second-order valence-corrected chi connectivity index (χ2v) is 18.0. The first kappa shape index (κ1) is 66.0. The lowest BCUT2D eigenvalue weighted by Gasteiger charge is -2.45. The van der Waals surface area contributed by atoms with Crippen molar-refractivity contribution < 1.29 is 63.5 Å². The lowest BCUT2D eigenvalue weighted by atomic mass is 9.77. The first-order valence-electron chi connectivity index (χ1n) is 20.8. The zero-order valence-corrected chi connectivity index (χ0v) is 41.5. The summed E-state index contributed by atoms with van der Waals surface area (Å²) in [4.78, 5) is 50.0. The molecule has 0 radical (unpaired) electrons. The molecule has 0 aromatic carbocycles. The van der Waals surface area contributed by atoms with Crippen molar-refractivity contribution in [2.24, 2.45) is 29.6 Å². The fraction of sp³-hybridized carbons (Fsp3) is 0.857. The normalized spacial score (nSPS) is 33.3. The first-order chi connectivity index (χ1) is 29.5. The highest BCUT2D eigenvalue weighted by molar-refractivity contribution is 7.99. The van der Waals surface area contributed by atoms with Gasteiger partial charge in [0, 0.05) is 37.9 Å². The number of ether oxygens (including phenoxy) is 2. The highest BCUT2D eigenvalue weighted by Gasteiger charge is 2.47. The molecule has 0 aromatic rings. The lowest BCUT2D eigenvalue weighted by Crippen LogP contribution is -2.62. The number of halogens is 2. The van der Waals surface area contributed by atoms with Crippen LogP contribution < -0.4 is 10.6 Å². The van der Waals surface area contributed by atoms with Crippen molar-refractivity contribution in [3.05, 3.63) is 12.7 Å². The number of carbonyl (C=O) groups is 4. The molecule has 4 unspecified atom stereocenters. The molecule has 8 N–H and O–H groups in total. The number of rotatable bonds is 14. The van der Waals surface area contributed by atoms with E-state index in [4.69, 9.17) is 29.9 Å². The van der Waals surface area contributed by atoms with E-state index in [0.717, 1.165) is 57.9 Å². The van der Waals surface area contributed by atoms with Crippen LogP contribution in [0.4, 0.5) is 3.89 Å². The summed E-state index contributed by atoms with van der Waals surface area (Å²) in [5.41, 5.74) is -0.616. The molecule has 63 heavy (non-hydrogen) atoms. The maximum absolute atomic E-state index is 12.8. The Hall–Kier alpha value is -1.27. The number of hydrogen-bond acceptors (Lipinski definition) is 16. The van der Waals surface area contributed by atoms with Crippen molar-refractivity contribution in [2.75, 3.05) is 52.3 Å². The van der Waals surface area contributed by atoms with Crippen LogP contribution in [0.5, 0.6) is 0 Å². The summed E-state index contributed by atoms with van der Waals surface area (Å²) in [6.45, 7) is 16.2. The highest BCUT2D eigenvalue weighted by atomic mass is 35.5. The maximum Gasteiger partial charge on any atom is 0.290 e. The number of aldehydes is 1. The Morgan fingerprint density at radius 3 is 1.54 bits per heavy atom. The molecule has 21 heteroatoms. The minimum Gasteiger partial charge on any atom is -0.483 e. The predicted molar refractivity (Wildman–Crippen MR) is 256 cm³/mol. The third-order valence-electron chi connectivity index (χ3n) is 12.0. The molecular weight excluding hydrogens is 903 g/mol. The van der Waals surface area contributed by atoms with Crippen LogP contribution >= 0.6 is 47.3 Å². The summed E-state index contributed by atoms with van der Waals surface area (Å²) in [6, 6.07) is -1.60. The Balaban J connectivity index is -0.000000935. The van der Waals surface area contributed by atoms with Crippen molar-refractivity contribution in [3.8, 4) is 0 Å². The summed E-state index contributed by atoms with van der Waals surface area (Å²) in [5, 5.41) is 55.2. The van der Waals surface area contributed by atoms with Crippen LogP contribution in [0, 0.1) is 29.6 Å². The Bertz CT molecular complexity index is 1160. The van der Waals surface area contributed by atoms with Crippen LogP contribution in [0.15, 0.2) is 12.7 Å². The third-order valence-corrected chi connectivity index (χ3v) is 13.8. The smallest absolute Gasteiger partial charge is 0.290 e. The predicted octanol–water partition coefficient (Wildman–Crippen LogP) is 5.18. The number of carboxylic acid groups (broad SMARTS) is 1. The van der Waals surface area contributed by atoms with Gasteiger partial charge in [0.1, 0.15) is 47.6 Å². The fourth-order valence-electron chi connectivity index (χ4n) is 8.52. The Morgan fingerprint density at radius 1 is 0.778 bits per heavy atom. The van der Waals surface area contributed by atoms with Gasteiger partial charge in [-0.05, 0) is 81.9 Å². The largest absolute Gasteiger partial charge is 0.483 e. The topological polar surface area (TPSA) is 239 Å². The molecule has 16 nitrogen and oxygen atoms in total. The Morgan fingerprint density at radius 2 is 1.17 bits per heavy atom. The van der Waals surface area contributed by atoms with Gasteiger partial charge in [-0.25, -0.2) is 0 Å². The monoisotopic (exact) mass is 984 g/mol. The molecule has 0 spiro atoms. The molecule has 0 saturated carbocycles. The van der Waals surface area contributed by atoms with Gasteiger partial charge in [0.15, 0.2) is 0 Å². The van der Waals surface area contributed by atoms with Crippen LogP contribution in [-0.4, -0.2) is 183 Å². The van der Waals surface area contributed by atoms with E-state index in [2.05, 4.69) is 73.2 Å². The molecule has 2 amide bonds. The van der Waals surface area contributed by atoms with E-state index < -0.39 is 41.9 Å². The van der Waals surface area contributed by atoms with E-state index in [1.807, 2.05) is 20.4 Å². The summed E-state index contributed by atoms with van der Waals surface area (Å²) >= 11 is 7.81. The van der Waals surface area contributed by atoms with Crippen molar-refractivity contribution in [1.29, 1.82) is 0 Å². The van der Waals surface area contributed by atoms with Crippen molar-refractivity contribution >= 4 is 71.8 Å². The molecule has 4 rings (SSSR count). The molecule has 4 aliphatic rings. The summed E-state index contributed by atoms with van der Waals surface area (Å²) in [5.74, 6) is 2.00. The lowest BCUT2D eigenvalue weighted by molar-refractivity contribution is -0.202. The number of alkyl halides is 1. The molecule has 16 atom stereocenters. The molecular formula is C42H82ClFN4O12S3. The van der Waals surface area contributed by atoms with E-state index in [9.17, 15) is 33.6 Å². The average molecular weight is 986 g/mol. The molecule has 0 aliphatic carbocycles. The van der Waals surface area contributed by atoms with E-state index in [1.54, 1.807) is 18.0 Å². The number of nitrogens with zero attached hydrogens (tertiary/aromatic N) is 2. The van der Waals surface area contributed by atoms with E-state index in [-0.39, 0.29) is 67.4 Å². The number of thioether (sulfide) groups is 2. The van der Waals surface area contributed by atoms with Gasteiger partial charge in [-0.1, -0.05) is 61.0 Å². The number of nitrogens with one attached hydrogen (secondary N) is 2. The molecule has 4 fully saturated rings. The average Bonchev–Trinajstić information content (AvgIpc) is 3.83. The van der Waals surface area contributed by atoms with Crippen LogP contribution in [0.25, 0.3) is 0 Å². The zero-order valence-electron chi connectivity index (χ0n) is 38.3. The van der Waals surface area contributed by atoms with Gasteiger partial charge in [0.25, 0.3) is 6.47 Å². The second-order valence-electron chi connectivity index (χ2n) is 15.9. The molecule has 0 bridgehead atoms. The van der Waals surface area contributed by atoms with Gasteiger partial charge in [-0.15, -0.1) is 41.7 Å². The standard InChI is InChI=1S/C20H36N2O3S.C18H32N2O5S.CH3Cl.CH3FS.CH2O2.CH4.H2O2/c1-7-8-15-9-17(22(5)10-15)19(24)21-16(11-23)18-13(3)12(2)14(4)20(25-18)26-6;1-5-7-10-8-12(20(3)9-10)17(24)19-11(6-2)16-14(22)13(21)15(23)18(25-16)26-4;1-2;1-3-2;2-1-3;;1-2/h11-18,20H,7-10H2,1-6H3,(H,21,24);6,10-16,18,21-23H,2,5,7-9H2,1,3-4H3,(H,19,24);1H3;1H3;1H,(H,2,3);1H4;1-2H/t12-,13?,14-,15-,16-,17+,18+,20?;10-,11-,12+,13-,14?,15-,16-,18?;;;;;/m11...../s1. The van der Waals surface area contributed by atoms with Crippen LogP contribution in [0.1, 0.15) is 80.6 Å². The molecule has 4 saturated heterocycles. The Labute approximate surface area is 394 Å². The van der Waals surface area contributed by atoms with Crippen molar-refractivity contribution in [3.63, 3.8) is 0 Å². The minimum atomic E-state index is -1.34. The van der Waals surface area contributed by atoms with E-state index in [1.165, 1.54) is 30.5 Å². The number of hydrogen-bond donors (Lipinski definition) is 8. The van der Waals surface area contributed by atoms with Crippen LogP contribution in [0.3, 0.4) is 0 Å². The fourth-order valence-corrected chi connectivity index (χ4v) is 10.1. The quantitative estimate of drug-likeness (QED) is 0.0368. The number of aliphatic hydroxyl groups excluding tert-OH is 3. The van der Waals surface area contributed by atoms with Crippen molar-refractivity contribution in [2.45, 2.75) is 146 Å². The second kappa shape index (κ2) is 36.8. The number of likely N-dealkylation sites (tertiary alicyclic amines) is 2. The van der Waals surface area contributed by atoms with Gasteiger partial charge in [0.05, 0.1) is 24.2 Å². The summed E-state index contributed by atoms with van der Waals surface area (Å²) < 4.78 is 22.2. The first-order valence-corrected chi connectivity index (χ1v) is 25.3. The molecule has 0 aromatic heterocycles. The zero-order chi connectivity index (χ0) is 48.3. The molecule has 4 heterocycles. The number of aliphatic hydroxyl groups is 3. The van der Waals surface area contributed by atoms with Crippen LogP contribution in [-0.2, 0) is 28.7 Å². The number of likely N-dealkylation sites (N-methyl/N-ethyl adjacent to an activating group) is 2. The maximum atomic E-state index is 12.8. The highest BCUT2D eigenvalue weighted by Crippen LogP contribution is 2.40. The third kappa shape index (κ3) is 20.6. The minimum absolute atomic E-state index is 0. The number of carbonyl (C=O) groups excluding carboxylic acids is 3. The Kier molecular flexibility index (Phi) is 38.6. The van der Waals surface area contributed by atoms with Gasteiger partial charge in [-0.3, -0.25) is 34.7 Å². The van der Waals surface area contributed by atoms with Crippen LogP contribution in [0.2, 0.25) is 0 Å². The molecule has 4 aliphatic heterocycles. The number of amides is 2. The van der Waals surface area contributed by atoms with Gasteiger partial charge in [0.2, 0.25) is 11.8 Å². The van der Waals surface area contributed by atoms with Gasteiger partial charge >= 0.3 is 0 Å². The SMILES string of the molecule is C.C=C[C@@H](NC(=O)[C@@H]1C[C@@H](CCC)CN1C)[C@H]1OC(SC)[C@H](O)[C@H](O)C1O.CCC[C@@H]1C[C@@H](C(=O)N[C@H](C=O)[C@H]2OC(SC)[C@H](C)[C@H](C)C2C)N(C)C1.CCl.CSF.O=CO.OO. The van der Waals surface area contributed by atoms with Gasteiger partial charge in [-0.2, -0.15) is 3.89 Å². The van der Waals surface area contributed by atoms with Gasteiger partial charge < -0.3 is 45.3 Å². The van der Waals surface area contributed by atoms with E-state index in [0.29, 0.717) is 23.7 Å².